The Balaban J connectivity index is 1.64. The lowest BCUT2D eigenvalue weighted by Gasteiger charge is -2.02. The van der Waals surface area contributed by atoms with Crippen molar-refractivity contribution in [3.63, 3.8) is 0 Å². The summed E-state index contributed by atoms with van der Waals surface area (Å²) in [7, 11) is 0. The average molecular weight is 293 g/mol. The summed E-state index contributed by atoms with van der Waals surface area (Å²) >= 11 is 0. The highest BCUT2D eigenvalue weighted by Crippen LogP contribution is 2.47. The van der Waals surface area contributed by atoms with Crippen LogP contribution in [0.4, 0.5) is 0 Å². The van der Waals surface area contributed by atoms with Crippen LogP contribution in [0.5, 0.6) is 0 Å². The molecule has 1 saturated carbocycles. The molecular weight excluding hydrogens is 270 g/mol. The van der Waals surface area contributed by atoms with E-state index in [9.17, 15) is 4.79 Å². The Morgan fingerprint density at radius 1 is 1.52 bits per heavy atom. The van der Waals surface area contributed by atoms with Crippen LogP contribution in [0.25, 0.3) is 6.08 Å². The van der Waals surface area contributed by atoms with Gasteiger partial charge in [0.1, 0.15) is 11.5 Å². The number of ether oxygens (including phenoxy) is 1. The van der Waals surface area contributed by atoms with Crippen molar-refractivity contribution in [2.75, 3.05) is 26.4 Å². The third kappa shape index (κ3) is 5.36. The van der Waals surface area contributed by atoms with E-state index < -0.39 is 0 Å². The molecule has 0 spiro atoms. The highest BCUT2D eigenvalue weighted by molar-refractivity contribution is 5.91. The Morgan fingerprint density at radius 2 is 2.33 bits per heavy atom. The van der Waals surface area contributed by atoms with Gasteiger partial charge in [-0.05, 0) is 37.0 Å². The fourth-order valence-electron chi connectivity index (χ4n) is 2.14. The van der Waals surface area contributed by atoms with Gasteiger partial charge in [-0.15, -0.1) is 0 Å². The van der Waals surface area contributed by atoms with Crippen molar-refractivity contribution < 1.29 is 19.1 Å². The summed E-state index contributed by atoms with van der Waals surface area (Å²) in [6, 6.07) is 3.89. The standard InChI is InChI=1S/C16H23NO4/c1-12-11-14(12)15-5-3-13(21-15)4-6-16(19)17-7-2-9-20-10-8-18/h3-6,12,14,18H,2,7-11H2,1H3,(H,17,19)/b6-4+. The first-order chi connectivity index (χ1) is 10.2. The zero-order chi connectivity index (χ0) is 15.1. The van der Waals surface area contributed by atoms with Crippen LogP contribution < -0.4 is 5.32 Å². The zero-order valence-electron chi connectivity index (χ0n) is 12.4. The lowest BCUT2D eigenvalue weighted by Crippen LogP contribution is -2.23. The molecule has 0 bridgehead atoms. The van der Waals surface area contributed by atoms with E-state index in [-0.39, 0.29) is 12.5 Å². The van der Waals surface area contributed by atoms with Crippen LogP contribution in [0.2, 0.25) is 0 Å². The molecule has 1 amide bonds. The van der Waals surface area contributed by atoms with Crippen LogP contribution in [0, 0.1) is 5.92 Å². The number of furan rings is 1. The molecule has 1 aromatic heterocycles. The van der Waals surface area contributed by atoms with E-state index in [0.29, 0.717) is 37.4 Å². The van der Waals surface area contributed by atoms with Crippen molar-refractivity contribution >= 4 is 12.0 Å². The van der Waals surface area contributed by atoms with Gasteiger partial charge in [0.05, 0.1) is 13.2 Å². The average Bonchev–Trinajstić information content (AvgIpc) is 3.02. The lowest BCUT2D eigenvalue weighted by molar-refractivity contribution is -0.116. The number of rotatable bonds is 9. The number of hydrogen-bond acceptors (Lipinski definition) is 4. The highest BCUT2D eigenvalue weighted by Gasteiger charge is 2.36. The van der Waals surface area contributed by atoms with Crippen molar-refractivity contribution in [3.8, 4) is 0 Å². The molecule has 1 heterocycles. The van der Waals surface area contributed by atoms with E-state index in [0.717, 1.165) is 12.2 Å². The molecule has 1 fully saturated rings. The van der Waals surface area contributed by atoms with E-state index in [1.165, 1.54) is 12.5 Å². The fraction of sp³-hybridized carbons (Fsp3) is 0.562. The van der Waals surface area contributed by atoms with E-state index in [4.69, 9.17) is 14.3 Å². The molecule has 1 aliphatic carbocycles. The first kappa shape index (κ1) is 15.8. The Bertz CT molecular complexity index is 480. The van der Waals surface area contributed by atoms with Gasteiger partial charge in [-0.2, -0.15) is 0 Å². The van der Waals surface area contributed by atoms with Crippen molar-refractivity contribution in [1.29, 1.82) is 0 Å². The Hall–Kier alpha value is -1.59. The van der Waals surface area contributed by atoms with Gasteiger partial charge < -0.3 is 19.6 Å². The summed E-state index contributed by atoms with van der Waals surface area (Å²) in [6.45, 7) is 3.66. The Kier molecular flexibility index (Phi) is 6.02. The predicted molar refractivity (Wildman–Crippen MR) is 79.8 cm³/mol. The first-order valence-corrected chi connectivity index (χ1v) is 7.45. The molecule has 2 N–H and O–H groups in total. The van der Waals surface area contributed by atoms with E-state index in [1.54, 1.807) is 6.08 Å². The van der Waals surface area contributed by atoms with Gasteiger partial charge in [-0.3, -0.25) is 4.79 Å². The summed E-state index contributed by atoms with van der Waals surface area (Å²) in [5.41, 5.74) is 0. The molecule has 1 aromatic rings. The molecule has 0 aliphatic heterocycles. The molecule has 1 aliphatic rings. The third-order valence-corrected chi connectivity index (χ3v) is 3.52. The summed E-state index contributed by atoms with van der Waals surface area (Å²) in [6.07, 6.45) is 5.08. The number of amides is 1. The molecule has 21 heavy (non-hydrogen) atoms. The molecule has 2 atom stereocenters. The van der Waals surface area contributed by atoms with Gasteiger partial charge in [0, 0.05) is 25.1 Å². The number of aliphatic hydroxyl groups is 1. The minimum absolute atomic E-state index is 0.0276. The smallest absolute Gasteiger partial charge is 0.244 e. The fourth-order valence-corrected chi connectivity index (χ4v) is 2.14. The van der Waals surface area contributed by atoms with Crippen LogP contribution >= 0.6 is 0 Å². The normalized spacial score (nSPS) is 20.9. The summed E-state index contributed by atoms with van der Waals surface area (Å²) in [5, 5.41) is 11.3. The molecule has 2 unspecified atom stereocenters. The molecule has 5 heteroatoms. The Morgan fingerprint density at radius 3 is 3.05 bits per heavy atom. The third-order valence-electron chi connectivity index (χ3n) is 3.52. The molecule has 116 valence electrons. The summed E-state index contributed by atoms with van der Waals surface area (Å²) < 4.78 is 10.8. The van der Waals surface area contributed by atoms with Crippen molar-refractivity contribution in [1.82, 2.24) is 5.32 Å². The van der Waals surface area contributed by atoms with Gasteiger partial charge in [0.15, 0.2) is 0 Å². The number of carbonyl (C=O) groups excluding carboxylic acids is 1. The Labute approximate surface area is 125 Å². The second-order valence-electron chi connectivity index (χ2n) is 5.37. The first-order valence-electron chi connectivity index (χ1n) is 7.45. The van der Waals surface area contributed by atoms with Crippen LogP contribution in [0.3, 0.4) is 0 Å². The minimum Gasteiger partial charge on any atom is -0.461 e. The number of hydrogen-bond donors (Lipinski definition) is 2. The van der Waals surface area contributed by atoms with Crippen LogP contribution in [-0.2, 0) is 9.53 Å². The molecule has 0 radical (unpaired) electrons. The van der Waals surface area contributed by atoms with Gasteiger partial charge >= 0.3 is 0 Å². The molecule has 0 saturated heterocycles. The van der Waals surface area contributed by atoms with Gasteiger partial charge in [-0.1, -0.05) is 6.92 Å². The monoisotopic (exact) mass is 293 g/mol. The maximum Gasteiger partial charge on any atom is 0.244 e. The second-order valence-corrected chi connectivity index (χ2v) is 5.37. The lowest BCUT2D eigenvalue weighted by atomic mass is 10.3. The molecule has 2 rings (SSSR count). The van der Waals surface area contributed by atoms with Crippen molar-refractivity contribution in [2.24, 2.45) is 5.92 Å². The highest BCUT2D eigenvalue weighted by atomic mass is 16.5. The minimum atomic E-state index is -0.144. The van der Waals surface area contributed by atoms with Crippen molar-refractivity contribution in [3.05, 3.63) is 29.7 Å². The van der Waals surface area contributed by atoms with E-state index >= 15 is 0 Å². The van der Waals surface area contributed by atoms with Gasteiger partial charge in [0.2, 0.25) is 5.91 Å². The predicted octanol–water partition coefficient (Wildman–Crippen LogP) is 1.93. The van der Waals surface area contributed by atoms with Gasteiger partial charge in [0.25, 0.3) is 0 Å². The number of nitrogens with one attached hydrogen (secondary N) is 1. The number of carbonyl (C=O) groups is 1. The van der Waals surface area contributed by atoms with Crippen LogP contribution in [-0.4, -0.2) is 37.4 Å². The SMILES string of the molecule is CC1CC1c1ccc(/C=C/C(=O)NCCCOCCO)o1. The molecule has 0 aromatic carbocycles. The largest absolute Gasteiger partial charge is 0.461 e. The van der Waals surface area contributed by atoms with Crippen LogP contribution in [0.15, 0.2) is 22.6 Å². The zero-order valence-corrected chi connectivity index (χ0v) is 12.4. The maximum absolute atomic E-state index is 11.6. The van der Waals surface area contributed by atoms with Crippen LogP contribution in [0.1, 0.15) is 37.2 Å². The second kappa shape index (κ2) is 8.00. The van der Waals surface area contributed by atoms with E-state index in [2.05, 4.69) is 12.2 Å². The topological polar surface area (TPSA) is 71.7 Å². The molecule has 5 nitrogen and oxygen atoms in total. The number of aliphatic hydroxyl groups excluding tert-OH is 1. The quantitative estimate of drug-likeness (QED) is 0.539. The summed E-state index contributed by atoms with van der Waals surface area (Å²) in [4.78, 5) is 11.6. The van der Waals surface area contributed by atoms with E-state index in [1.807, 2.05) is 12.1 Å². The van der Waals surface area contributed by atoms with Crippen molar-refractivity contribution in [2.45, 2.75) is 25.7 Å². The van der Waals surface area contributed by atoms with Gasteiger partial charge in [-0.25, -0.2) is 0 Å². The summed E-state index contributed by atoms with van der Waals surface area (Å²) in [5.74, 6) is 2.85. The maximum atomic E-state index is 11.6. The molecular formula is C16H23NO4.